The molecule has 0 N–H and O–H groups in total. The molecule has 0 atom stereocenters. The largest absolute Gasteiger partial charge is 1.00 e. The van der Waals surface area contributed by atoms with Crippen LogP contribution in [0.3, 0.4) is 0 Å². The van der Waals surface area contributed by atoms with Crippen molar-refractivity contribution in [2.45, 2.75) is 0 Å². The maximum atomic E-state index is 10.9. The first kappa shape index (κ1) is 12.0. The number of hydrogen-bond donors (Lipinski definition) is 0. The summed E-state index contributed by atoms with van der Waals surface area (Å²) in [6, 6.07) is 3.08. The van der Waals surface area contributed by atoms with E-state index in [0.717, 1.165) is 6.08 Å². The zero-order valence-electron chi connectivity index (χ0n) is 6.41. The van der Waals surface area contributed by atoms with E-state index in [1.54, 1.807) is 6.07 Å². The van der Waals surface area contributed by atoms with Gasteiger partial charge in [-0.05, 0) is 34.1 Å². The molecule has 0 aliphatic carbocycles. The van der Waals surface area contributed by atoms with Gasteiger partial charge in [-0.2, -0.15) is 0 Å². The van der Waals surface area contributed by atoms with Gasteiger partial charge in [-0.1, -0.05) is 0 Å². The normalized spacial score (nSPS) is 9.75. The van der Waals surface area contributed by atoms with E-state index in [4.69, 9.17) is 4.42 Å². The number of furan rings is 1. The predicted molar refractivity (Wildman–Crippen MR) is 39.9 cm³/mol. The maximum absolute atomic E-state index is 10.9. The molecule has 0 aliphatic heterocycles. The van der Waals surface area contributed by atoms with Gasteiger partial charge in [-0.15, -0.1) is 6.26 Å². The van der Waals surface area contributed by atoms with E-state index in [1.165, 1.54) is 6.07 Å². The third-order valence-electron chi connectivity index (χ3n) is 1.04. The summed E-state index contributed by atoms with van der Waals surface area (Å²) in [5, 5.41) is 9.87. The number of carbonyl (C=O) groups excluding carboxylic acids is 1. The van der Waals surface area contributed by atoms with Gasteiger partial charge in [-0.25, -0.2) is 0 Å². The summed E-state index contributed by atoms with van der Waals surface area (Å²) < 4.78 is 5.35. The van der Waals surface area contributed by atoms with Crippen molar-refractivity contribution in [3.8, 4) is 0 Å². The summed E-state index contributed by atoms with van der Waals surface area (Å²) in [5.41, 5.74) is 0. The number of ketones is 1. The van der Waals surface area contributed by atoms with Crippen LogP contribution in [-0.4, -0.2) is 5.78 Å². The average Bonchev–Trinajstić information content (AvgIpc) is 2.36. The molecule has 0 fully saturated rings. The maximum Gasteiger partial charge on any atom is 1.00 e. The van der Waals surface area contributed by atoms with Crippen molar-refractivity contribution in [2.75, 3.05) is 0 Å². The number of carbonyl (C=O) groups is 1. The molecule has 0 aliphatic rings. The van der Waals surface area contributed by atoms with Gasteiger partial charge in [0.25, 0.3) is 0 Å². The van der Waals surface area contributed by atoms with Crippen LogP contribution in [0.5, 0.6) is 0 Å². The Bertz CT molecular complexity index is 293. The molecule has 1 aromatic heterocycles. The van der Waals surface area contributed by atoms with E-state index < -0.39 is 5.78 Å². The van der Waals surface area contributed by atoms with E-state index in [9.17, 15) is 9.90 Å². The first-order valence-electron chi connectivity index (χ1n) is 2.82. The molecule has 0 saturated carbocycles. The van der Waals surface area contributed by atoms with Crippen LogP contribution in [0.2, 0.25) is 0 Å². The fraction of sp³-hybridized carbons (Fsp3) is 0. The summed E-state index contributed by atoms with van der Waals surface area (Å²) in [6.45, 7) is 0. The smallest absolute Gasteiger partial charge is 0.878 e. The fourth-order valence-corrected chi connectivity index (χ4v) is 0.897. The van der Waals surface area contributed by atoms with Crippen molar-refractivity contribution in [1.82, 2.24) is 0 Å². The van der Waals surface area contributed by atoms with Crippen molar-refractivity contribution >= 4 is 21.7 Å². The summed E-state index contributed by atoms with van der Waals surface area (Å²) in [5.74, 6) is -0.269. The summed E-state index contributed by atoms with van der Waals surface area (Å²) in [4.78, 5) is 10.9. The van der Waals surface area contributed by atoms with Crippen LogP contribution in [0.15, 0.2) is 33.6 Å². The molecule has 1 aromatic rings. The SMILES string of the molecule is O=C(/C=C/[O-])c1ccc(Br)o1.[Na+]. The number of hydrogen-bond acceptors (Lipinski definition) is 3. The molecule has 0 saturated heterocycles. The Kier molecular flexibility index (Phi) is 5.57. The molecule has 5 heteroatoms. The molecule has 0 aromatic carbocycles. The van der Waals surface area contributed by atoms with Gasteiger partial charge >= 0.3 is 29.6 Å². The fourth-order valence-electron chi connectivity index (χ4n) is 0.591. The molecule has 0 radical (unpaired) electrons. The van der Waals surface area contributed by atoms with Crippen molar-refractivity contribution < 1.29 is 43.9 Å². The van der Waals surface area contributed by atoms with Crippen molar-refractivity contribution in [3.63, 3.8) is 0 Å². The number of halogens is 1. The van der Waals surface area contributed by atoms with E-state index in [2.05, 4.69) is 15.9 Å². The van der Waals surface area contributed by atoms with Gasteiger partial charge in [-0.3, -0.25) is 4.79 Å². The Balaban J connectivity index is 0.00000121. The summed E-state index contributed by atoms with van der Waals surface area (Å²) in [6.07, 6.45) is 1.34. The first-order valence-corrected chi connectivity index (χ1v) is 3.61. The van der Waals surface area contributed by atoms with Crippen LogP contribution in [0, 0.1) is 0 Å². The van der Waals surface area contributed by atoms with Gasteiger partial charge in [0.1, 0.15) is 0 Å². The van der Waals surface area contributed by atoms with E-state index >= 15 is 0 Å². The Hall–Kier alpha value is -0.0300. The summed E-state index contributed by atoms with van der Waals surface area (Å²) >= 11 is 3.03. The third-order valence-corrected chi connectivity index (χ3v) is 1.46. The quantitative estimate of drug-likeness (QED) is 0.262. The molecule has 0 bridgehead atoms. The second-order valence-corrected chi connectivity index (χ2v) is 2.55. The summed E-state index contributed by atoms with van der Waals surface area (Å²) in [7, 11) is 0. The van der Waals surface area contributed by atoms with Gasteiger partial charge in [0, 0.05) is 0 Å². The van der Waals surface area contributed by atoms with Crippen molar-refractivity contribution in [1.29, 1.82) is 0 Å². The second kappa shape index (κ2) is 5.59. The van der Waals surface area contributed by atoms with Gasteiger partial charge < -0.3 is 9.52 Å². The zero-order valence-corrected chi connectivity index (χ0v) is 10.00. The molecule has 0 amide bonds. The van der Waals surface area contributed by atoms with E-state index in [-0.39, 0.29) is 35.3 Å². The minimum Gasteiger partial charge on any atom is -0.878 e. The van der Waals surface area contributed by atoms with Crippen LogP contribution < -0.4 is 34.7 Å². The minimum absolute atomic E-state index is 0. The van der Waals surface area contributed by atoms with Crippen molar-refractivity contribution in [3.05, 3.63) is 34.9 Å². The van der Waals surface area contributed by atoms with Crippen LogP contribution in [0.25, 0.3) is 0 Å². The molecule has 0 spiro atoms. The zero-order chi connectivity index (χ0) is 8.27. The second-order valence-electron chi connectivity index (χ2n) is 1.77. The third kappa shape index (κ3) is 3.15. The van der Waals surface area contributed by atoms with Crippen molar-refractivity contribution in [2.24, 2.45) is 0 Å². The molecule has 58 valence electrons. The molecule has 12 heavy (non-hydrogen) atoms. The molecular weight excluding hydrogens is 235 g/mol. The predicted octanol–water partition coefficient (Wildman–Crippen LogP) is -1.90. The standard InChI is InChI=1S/C7H5BrO3.Na/c8-7-2-1-6(11-7)5(10)3-4-9;/h1-4,9H;/q;+1/p-1/b4-3+;. The number of allylic oxidation sites excluding steroid dienone is 1. The van der Waals surface area contributed by atoms with Crippen LogP contribution in [0.1, 0.15) is 10.6 Å². The molecule has 3 nitrogen and oxygen atoms in total. The van der Waals surface area contributed by atoms with Crippen LogP contribution in [-0.2, 0) is 0 Å². The molecular formula is C7H4BrNaO3. The van der Waals surface area contributed by atoms with Gasteiger partial charge in [0.2, 0.25) is 5.78 Å². The molecule has 0 unspecified atom stereocenters. The average molecular weight is 239 g/mol. The van der Waals surface area contributed by atoms with Crippen LogP contribution >= 0.6 is 15.9 Å². The monoisotopic (exact) mass is 238 g/mol. The topological polar surface area (TPSA) is 53.3 Å². The Morgan fingerprint density at radius 1 is 1.58 bits per heavy atom. The first-order chi connectivity index (χ1) is 5.24. The molecule has 1 rings (SSSR count). The molecule has 1 heterocycles. The van der Waals surface area contributed by atoms with E-state index in [0.29, 0.717) is 10.9 Å². The minimum atomic E-state index is -0.425. The van der Waals surface area contributed by atoms with Gasteiger partial charge in [0.05, 0.1) is 0 Å². The Labute approximate surface area is 99.9 Å². The van der Waals surface area contributed by atoms with Gasteiger partial charge in [0.15, 0.2) is 10.4 Å². The number of rotatable bonds is 2. The van der Waals surface area contributed by atoms with Crippen LogP contribution in [0.4, 0.5) is 0 Å². The van der Waals surface area contributed by atoms with E-state index in [1.807, 2.05) is 0 Å². The Morgan fingerprint density at radius 2 is 2.25 bits per heavy atom. The Morgan fingerprint density at radius 3 is 2.67 bits per heavy atom.